The molecule has 1 N–H and O–H groups in total. The van der Waals surface area contributed by atoms with Gasteiger partial charge < -0.3 is 19.6 Å². The Morgan fingerprint density at radius 3 is 2.55 bits per heavy atom. The zero-order chi connectivity index (χ0) is 23.4. The van der Waals surface area contributed by atoms with Crippen LogP contribution in [0.5, 0.6) is 0 Å². The Bertz CT molecular complexity index is 1040. The molecule has 0 aliphatic carbocycles. The lowest BCUT2D eigenvalue weighted by atomic mass is 9.94. The monoisotopic (exact) mass is 450 g/mol. The lowest BCUT2D eigenvalue weighted by Gasteiger charge is -2.26. The van der Waals surface area contributed by atoms with Crippen LogP contribution in [-0.2, 0) is 28.9 Å². The Balaban J connectivity index is 1.33. The van der Waals surface area contributed by atoms with Crippen molar-refractivity contribution < 1.29 is 24.2 Å². The molecule has 0 spiro atoms. The summed E-state index contributed by atoms with van der Waals surface area (Å²) in [5, 5.41) is 9.60. The van der Waals surface area contributed by atoms with E-state index in [1.54, 1.807) is 7.11 Å². The number of amides is 2. The van der Waals surface area contributed by atoms with E-state index >= 15 is 0 Å². The summed E-state index contributed by atoms with van der Waals surface area (Å²) in [6.07, 6.45) is 2.32. The molecule has 1 atom stereocenters. The predicted molar refractivity (Wildman–Crippen MR) is 125 cm³/mol. The van der Waals surface area contributed by atoms with Gasteiger partial charge >= 0.3 is 6.09 Å². The molecule has 2 aromatic carbocycles. The summed E-state index contributed by atoms with van der Waals surface area (Å²) in [6.45, 7) is 1.26. The molecule has 174 valence electrons. The summed E-state index contributed by atoms with van der Waals surface area (Å²) in [4.78, 5) is 39.9. The Hall–Kier alpha value is -3.19. The molecule has 4 rings (SSSR count). The van der Waals surface area contributed by atoms with Crippen molar-refractivity contribution in [1.82, 2.24) is 4.90 Å². The minimum Gasteiger partial charge on any atom is -0.465 e. The van der Waals surface area contributed by atoms with E-state index in [0.717, 1.165) is 28.8 Å². The van der Waals surface area contributed by atoms with Crippen LogP contribution in [0.15, 0.2) is 42.5 Å². The summed E-state index contributed by atoms with van der Waals surface area (Å²) in [7, 11) is 1.58. The van der Waals surface area contributed by atoms with E-state index in [4.69, 9.17) is 4.74 Å². The SMILES string of the molecule is COC(CCCC(=O)c1cc2c3c(c1)CCN3C(=O)CC2)CN(Cc1ccccc1)C(=O)O. The van der Waals surface area contributed by atoms with Crippen LogP contribution in [-0.4, -0.2) is 54.1 Å². The van der Waals surface area contributed by atoms with E-state index in [1.165, 1.54) is 4.90 Å². The molecule has 7 nitrogen and oxygen atoms in total. The highest BCUT2D eigenvalue weighted by molar-refractivity contribution is 6.02. The van der Waals surface area contributed by atoms with Gasteiger partial charge in [0.15, 0.2) is 5.78 Å². The molecule has 0 saturated heterocycles. The van der Waals surface area contributed by atoms with Crippen LogP contribution >= 0.6 is 0 Å². The molecule has 33 heavy (non-hydrogen) atoms. The van der Waals surface area contributed by atoms with Crippen molar-refractivity contribution in [2.45, 2.75) is 51.2 Å². The van der Waals surface area contributed by atoms with Gasteiger partial charge in [-0.25, -0.2) is 4.79 Å². The molecule has 2 heterocycles. The first kappa shape index (κ1) is 23.0. The van der Waals surface area contributed by atoms with Crippen molar-refractivity contribution in [3.63, 3.8) is 0 Å². The van der Waals surface area contributed by atoms with E-state index in [9.17, 15) is 19.5 Å². The number of rotatable bonds is 10. The van der Waals surface area contributed by atoms with E-state index in [1.807, 2.05) is 47.4 Å². The van der Waals surface area contributed by atoms with Gasteiger partial charge in [-0.15, -0.1) is 0 Å². The fraction of sp³-hybridized carbons (Fsp3) is 0.423. The van der Waals surface area contributed by atoms with Gasteiger partial charge in [-0.05, 0) is 54.5 Å². The van der Waals surface area contributed by atoms with Crippen molar-refractivity contribution in [3.05, 3.63) is 64.7 Å². The second-order valence-corrected chi connectivity index (χ2v) is 8.76. The summed E-state index contributed by atoms with van der Waals surface area (Å²) in [5.41, 5.74) is 4.85. The molecule has 7 heteroatoms. The van der Waals surface area contributed by atoms with Gasteiger partial charge in [-0.3, -0.25) is 9.59 Å². The van der Waals surface area contributed by atoms with E-state index in [0.29, 0.717) is 50.8 Å². The molecule has 2 aliphatic heterocycles. The van der Waals surface area contributed by atoms with Crippen LogP contribution < -0.4 is 4.90 Å². The molecule has 0 radical (unpaired) electrons. The van der Waals surface area contributed by atoms with E-state index in [2.05, 4.69) is 0 Å². The average molecular weight is 451 g/mol. The number of anilines is 1. The predicted octanol–water partition coefficient (Wildman–Crippen LogP) is 4.07. The van der Waals surface area contributed by atoms with Gasteiger partial charge in [0.2, 0.25) is 5.91 Å². The summed E-state index contributed by atoms with van der Waals surface area (Å²) in [5.74, 6) is 0.257. The summed E-state index contributed by atoms with van der Waals surface area (Å²) >= 11 is 0. The fourth-order valence-corrected chi connectivity index (χ4v) is 4.80. The van der Waals surface area contributed by atoms with Crippen LogP contribution in [0.1, 0.15) is 52.7 Å². The number of methoxy groups -OCH3 is 1. The minimum absolute atomic E-state index is 0.0821. The molecule has 2 aliphatic rings. The maximum absolute atomic E-state index is 12.9. The van der Waals surface area contributed by atoms with Gasteiger partial charge in [-0.1, -0.05) is 30.3 Å². The maximum Gasteiger partial charge on any atom is 0.407 e. The second-order valence-electron chi connectivity index (χ2n) is 8.76. The number of benzene rings is 2. The molecular formula is C26H30N2O5. The summed E-state index contributed by atoms with van der Waals surface area (Å²) < 4.78 is 5.53. The topological polar surface area (TPSA) is 87.2 Å². The van der Waals surface area contributed by atoms with Gasteiger partial charge in [-0.2, -0.15) is 0 Å². The zero-order valence-electron chi connectivity index (χ0n) is 19.0. The number of hydrogen-bond acceptors (Lipinski definition) is 4. The smallest absolute Gasteiger partial charge is 0.407 e. The molecule has 0 saturated carbocycles. The lowest BCUT2D eigenvalue weighted by Crippen LogP contribution is -2.37. The number of carbonyl (C=O) groups is 3. The second kappa shape index (κ2) is 10.2. The van der Waals surface area contributed by atoms with Crippen LogP contribution in [0, 0.1) is 0 Å². The first-order chi connectivity index (χ1) is 16.0. The highest BCUT2D eigenvalue weighted by atomic mass is 16.5. The van der Waals surface area contributed by atoms with Crippen molar-refractivity contribution in [2.75, 3.05) is 25.1 Å². The quantitative estimate of drug-likeness (QED) is 0.552. The molecule has 0 bridgehead atoms. The van der Waals surface area contributed by atoms with Crippen molar-refractivity contribution in [3.8, 4) is 0 Å². The number of ketones is 1. The van der Waals surface area contributed by atoms with Gasteiger partial charge in [0.05, 0.1) is 18.3 Å². The van der Waals surface area contributed by atoms with Crippen LogP contribution in [0.4, 0.5) is 10.5 Å². The number of carboxylic acid groups (broad SMARTS) is 1. The highest BCUT2D eigenvalue weighted by Crippen LogP contribution is 2.37. The lowest BCUT2D eigenvalue weighted by molar-refractivity contribution is -0.118. The van der Waals surface area contributed by atoms with E-state index < -0.39 is 6.09 Å². The number of hydrogen-bond donors (Lipinski definition) is 1. The largest absolute Gasteiger partial charge is 0.465 e. The van der Waals surface area contributed by atoms with E-state index in [-0.39, 0.29) is 24.3 Å². The number of aryl methyl sites for hydroxylation is 1. The molecular weight excluding hydrogens is 420 g/mol. The van der Waals surface area contributed by atoms with Crippen molar-refractivity contribution in [2.24, 2.45) is 0 Å². The Kier molecular flexibility index (Phi) is 7.08. The number of ether oxygens (including phenoxy) is 1. The maximum atomic E-state index is 12.9. The zero-order valence-corrected chi connectivity index (χ0v) is 19.0. The number of carbonyl (C=O) groups excluding carboxylic acids is 2. The third kappa shape index (κ3) is 5.25. The normalized spacial score (nSPS) is 15.3. The molecule has 1 unspecified atom stereocenters. The molecule has 2 aromatic rings. The third-order valence-electron chi connectivity index (χ3n) is 6.55. The molecule has 2 amide bonds. The van der Waals surface area contributed by atoms with Crippen molar-refractivity contribution >= 4 is 23.5 Å². The Morgan fingerprint density at radius 2 is 1.85 bits per heavy atom. The third-order valence-corrected chi connectivity index (χ3v) is 6.55. The first-order valence-electron chi connectivity index (χ1n) is 11.5. The minimum atomic E-state index is -0.989. The first-order valence-corrected chi connectivity index (χ1v) is 11.5. The standard InChI is InChI=1S/C26H30N2O5/c1-33-22(17-27(26(31)32)16-18-6-3-2-4-7-18)8-5-9-23(29)21-14-19-10-11-24(30)28-13-12-20(15-21)25(19)28/h2-4,6-7,14-15,22H,5,8-13,16-17H2,1H3,(H,31,32). The average Bonchev–Trinajstić information content (AvgIpc) is 3.26. The van der Waals surface area contributed by atoms with Gasteiger partial charge in [0.1, 0.15) is 0 Å². The highest BCUT2D eigenvalue weighted by Gasteiger charge is 2.32. The molecule has 0 aromatic heterocycles. The van der Waals surface area contributed by atoms with Crippen LogP contribution in [0.2, 0.25) is 0 Å². The van der Waals surface area contributed by atoms with Crippen LogP contribution in [0.25, 0.3) is 0 Å². The number of Topliss-reactive ketones (excluding diaryl/α,β-unsaturated/α-hetero) is 1. The van der Waals surface area contributed by atoms with Crippen LogP contribution in [0.3, 0.4) is 0 Å². The fourth-order valence-electron chi connectivity index (χ4n) is 4.80. The summed E-state index contributed by atoms with van der Waals surface area (Å²) in [6, 6.07) is 13.4. The van der Waals surface area contributed by atoms with Gasteiger partial charge in [0, 0.05) is 38.6 Å². The molecule has 0 fully saturated rings. The number of nitrogens with zero attached hydrogens (tertiary/aromatic N) is 2. The van der Waals surface area contributed by atoms with Gasteiger partial charge in [0.25, 0.3) is 0 Å². The Morgan fingerprint density at radius 1 is 1.12 bits per heavy atom. The van der Waals surface area contributed by atoms with Crippen molar-refractivity contribution in [1.29, 1.82) is 0 Å². The Labute approximate surface area is 193 Å².